The summed E-state index contributed by atoms with van der Waals surface area (Å²) < 4.78 is 13.8. The molecule has 11 unspecified atom stereocenters. The number of unbranched alkanes of at least 4 members (excludes halogenated alkanes) is 2. The van der Waals surface area contributed by atoms with Crippen LogP contribution >= 0.6 is 0 Å². The molecule has 0 bridgehead atoms. The number of nitrogens with zero attached hydrogens (tertiary/aromatic N) is 2. The summed E-state index contributed by atoms with van der Waals surface area (Å²) >= 11 is 0. The molecule has 38 heteroatoms. The Bertz CT molecular complexity index is 3050. The fraction of sp³-hybridized carbons (Fsp3) is 0.557. The van der Waals surface area contributed by atoms with Gasteiger partial charge in [-0.1, -0.05) is 42.5 Å². The molecule has 0 fully saturated rings. The summed E-state index contributed by atoms with van der Waals surface area (Å²) in [7, 11) is 0. The van der Waals surface area contributed by atoms with Crippen molar-refractivity contribution in [3.05, 3.63) is 71.5 Å². The van der Waals surface area contributed by atoms with Crippen molar-refractivity contribution in [1.29, 1.82) is 0 Å². The average Bonchev–Trinajstić information content (AvgIpc) is 0.887. The quantitative estimate of drug-likeness (QED) is 0.0166. The second kappa shape index (κ2) is 46.1. The SMILES string of the molecule is CC(NC(=O)CNC(=O)C(NC(=O)C(Cc1ccc(F)cc1)NC(=O)CNC(=O)CNC(=O)C(N)Cc1ccccc1)C(C)O)C(=O)NC(CCCN=C(N)N)C(=O)NC(CCCCN)C(=O)NC(CO)C(=O)NC(C)C(=O)NC(CCCN=C(N)N)C(=O)NC(CCCCN)C(N)=O. The van der Waals surface area contributed by atoms with Gasteiger partial charge >= 0.3 is 0 Å². The number of primary amides is 1. The van der Waals surface area contributed by atoms with Gasteiger partial charge in [0.15, 0.2) is 11.9 Å². The molecule has 0 heterocycles. The molecule has 550 valence electrons. The molecule has 0 spiro atoms. The molecule has 11 atom stereocenters. The molecular formula is C61H99FN22O15. The maximum absolute atomic E-state index is 14.1. The smallest absolute Gasteiger partial charge is 0.245 e. The predicted molar refractivity (Wildman–Crippen MR) is 360 cm³/mol. The first-order valence-electron chi connectivity index (χ1n) is 32.1. The van der Waals surface area contributed by atoms with Crippen LogP contribution in [0, 0.1) is 5.82 Å². The van der Waals surface area contributed by atoms with Crippen LogP contribution in [0.2, 0.25) is 0 Å². The molecule has 0 saturated heterocycles. The Balaban J connectivity index is 2.19. The molecule has 0 aromatic heterocycles. The normalized spacial score (nSPS) is 14.2. The van der Waals surface area contributed by atoms with E-state index < -0.39 is 175 Å². The Labute approximate surface area is 571 Å². The highest BCUT2D eigenvalue weighted by molar-refractivity contribution is 5.99. The third-order valence-electron chi connectivity index (χ3n) is 14.7. The molecule has 2 aromatic rings. The van der Waals surface area contributed by atoms with Gasteiger partial charge in [0.2, 0.25) is 76.8 Å². The summed E-state index contributed by atoms with van der Waals surface area (Å²) in [4.78, 5) is 181. The van der Waals surface area contributed by atoms with Crippen LogP contribution in [0.4, 0.5) is 4.39 Å². The lowest BCUT2D eigenvalue weighted by Crippen LogP contribution is -2.60. The second-order valence-electron chi connectivity index (χ2n) is 23.1. The highest BCUT2D eigenvalue weighted by Crippen LogP contribution is 2.11. The van der Waals surface area contributed by atoms with E-state index in [1.54, 1.807) is 30.3 Å². The van der Waals surface area contributed by atoms with E-state index in [9.17, 15) is 76.9 Å². The van der Waals surface area contributed by atoms with Gasteiger partial charge in [-0.2, -0.15) is 0 Å². The van der Waals surface area contributed by atoms with Crippen molar-refractivity contribution < 1.29 is 76.9 Å². The van der Waals surface area contributed by atoms with Gasteiger partial charge in [0.25, 0.3) is 0 Å². The number of nitrogens with two attached hydrogens (primary N) is 8. The van der Waals surface area contributed by atoms with Crippen LogP contribution in [0.25, 0.3) is 0 Å². The summed E-state index contributed by atoms with van der Waals surface area (Å²) in [6.45, 7) is 0.984. The van der Waals surface area contributed by atoms with Crippen LogP contribution in [0.15, 0.2) is 64.6 Å². The minimum atomic E-state index is -1.78. The summed E-state index contributed by atoms with van der Waals surface area (Å²) in [6.07, 6.45) is -0.0860. The van der Waals surface area contributed by atoms with Gasteiger partial charge < -0.3 is 120 Å². The van der Waals surface area contributed by atoms with Crippen molar-refractivity contribution in [2.45, 2.75) is 164 Å². The third kappa shape index (κ3) is 34.6. The third-order valence-corrected chi connectivity index (χ3v) is 14.7. The van der Waals surface area contributed by atoms with Gasteiger partial charge in [-0.3, -0.25) is 72.3 Å². The topological polar surface area (TPSA) is 640 Å². The molecule has 13 amide bonds. The number of carbonyl (C=O) groups is 13. The van der Waals surface area contributed by atoms with Crippen molar-refractivity contribution in [2.75, 3.05) is 52.4 Å². The number of aliphatic hydroxyl groups is 2. The number of nitrogens with one attached hydrogen (secondary N) is 12. The number of rotatable bonds is 47. The number of guanidine groups is 2. The molecule has 99 heavy (non-hydrogen) atoms. The van der Waals surface area contributed by atoms with Crippen molar-refractivity contribution in [3.8, 4) is 0 Å². The molecule has 2 rings (SSSR count). The Hall–Kier alpha value is -10.2. The van der Waals surface area contributed by atoms with E-state index in [0.29, 0.717) is 31.4 Å². The number of benzene rings is 2. The number of aliphatic imine (C=N–C) groups is 2. The van der Waals surface area contributed by atoms with E-state index in [1.807, 2.05) is 0 Å². The van der Waals surface area contributed by atoms with Gasteiger partial charge in [-0.25, -0.2) is 4.39 Å². The number of halogens is 1. The second-order valence-corrected chi connectivity index (χ2v) is 23.1. The summed E-state index contributed by atoms with van der Waals surface area (Å²) in [6, 6.07) is -0.501. The highest BCUT2D eigenvalue weighted by Gasteiger charge is 2.34. The zero-order chi connectivity index (χ0) is 74.1. The standard InChI is InChI=1S/C61H99FN22O15/c1-33(76-47(88)31-75-59(99)49(35(3)86)84-57(97)44(28-37-19-21-38(62)22-20-37)78-48(89)30-73-46(87)29-74-53(93)39(65)27-36-13-5-4-6-14-36)51(91)80-43(18-12-26-72-61(69)70)55(95)82-41(16-8-10-24-64)56(96)83-45(32-85)58(98)77-34(2)52(92)81-42(17-11-25-71-60(67)68)54(94)79-40(50(66)90)15-7-9-23-63/h4-6,13-14,19-22,33-35,39-45,49,85-86H,7-12,15-18,23-32,63-65H2,1-3H3,(H2,66,90)(H,73,87)(H,74,93)(H,75,99)(H,76,88)(H,77,98)(H,78,89)(H,79,94)(H,80,91)(H,81,92)(H,82,95)(H,83,96)(H,84,97)(H4,67,68,71)(H4,69,70,72). The van der Waals surface area contributed by atoms with E-state index in [0.717, 1.165) is 24.6 Å². The molecule has 0 aliphatic carbocycles. The van der Waals surface area contributed by atoms with E-state index in [-0.39, 0.29) is 89.3 Å². The van der Waals surface area contributed by atoms with Crippen LogP contribution < -0.4 is 110 Å². The first kappa shape index (κ1) is 84.9. The van der Waals surface area contributed by atoms with Crippen molar-refractivity contribution in [1.82, 2.24) is 63.8 Å². The van der Waals surface area contributed by atoms with Gasteiger partial charge in [0, 0.05) is 19.5 Å². The molecule has 0 aliphatic rings. The zero-order valence-electron chi connectivity index (χ0n) is 55.8. The monoisotopic (exact) mass is 1400 g/mol. The summed E-state index contributed by atoms with van der Waals surface area (Å²) in [5, 5.41) is 49.7. The molecule has 0 saturated carbocycles. The van der Waals surface area contributed by atoms with Crippen LogP contribution in [0.5, 0.6) is 0 Å². The van der Waals surface area contributed by atoms with Gasteiger partial charge in [-0.05, 0) is 128 Å². The molecule has 37 nitrogen and oxygen atoms in total. The van der Waals surface area contributed by atoms with E-state index in [1.165, 1.54) is 26.0 Å². The van der Waals surface area contributed by atoms with Crippen LogP contribution in [0.3, 0.4) is 0 Å². The number of amides is 13. The van der Waals surface area contributed by atoms with E-state index in [4.69, 9.17) is 45.9 Å². The van der Waals surface area contributed by atoms with E-state index >= 15 is 0 Å². The Morgan fingerprint density at radius 1 is 0.434 bits per heavy atom. The first-order chi connectivity index (χ1) is 46.9. The molecule has 2 aromatic carbocycles. The lowest BCUT2D eigenvalue weighted by Gasteiger charge is -2.26. The fourth-order valence-electron chi connectivity index (χ4n) is 9.17. The van der Waals surface area contributed by atoms with Gasteiger partial charge in [-0.15, -0.1) is 0 Å². The van der Waals surface area contributed by atoms with Crippen molar-refractivity contribution >= 4 is 88.7 Å². The lowest BCUT2D eigenvalue weighted by atomic mass is 10.0. The number of carbonyl (C=O) groups excluding carboxylic acids is 13. The summed E-state index contributed by atoms with van der Waals surface area (Å²) in [5.41, 5.74) is 45.7. The van der Waals surface area contributed by atoms with Gasteiger partial charge in [0.1, 0.15) is 60.2 Å². The Kier molecular flexibility index (Phi) is 39.5. The maximum atomic E-state index is 14.1. The molecule has 30 N–H and O–H groups in total. The number of hydrogen-bond donors (Lipinski definition) is 22. The molecule has 0 aliphatic heterocycles. The number of aliphatic hydroxyl groups excluding tert-OH is 2. The molecular weight excluding hydrogens is 1300 g/mol. The zero-order valence-corrected chi connectivity index (χ0v) is 55.8. The minimum absolute atomic E-state index is 0.0376. The fourth-order valence-corrected chi connectivity index (χ4v) is 9.17. The van der Waals surface area contributed by atoms with Crippen LogP contribution in [0.1, 0.15) is 96.1 Å². The highest BCUT2D eigenvalue weighted by atomic mass is 19.1. The maximum Gasteiger partial charge on any atom is 0.245 e. The largest absolute Gasteiger partial charge is 0.394 e. The van der Waals surface area contributed by atoms with Gasteiger partial charge in [0.05, 0.1) is 38.4 Å². The van der Waals surface area contributed by atoms with E-state index in [2.05, 4.69) is 73.8 Å². The van der Waals surface area contributed by atoms with Crippen molar-refractivity contribution in [3.63, 3.8) is 0 Å². The minimum Gasteiger partial charge on any atom is -0.394 e. The average molecular weight is 1400 g/mol. The predicted octanol–water partition coefficient (Wildman–Crippen LogP) is -9.09. The Morgan fingerprint density at radius 2 is 0.848 bits per heavy atom. The summed E-state index contributed by atoms with van der Waals surface area (Å²) in [5.74, 6) is -13.1. The van der Waals surface area contributed by atoms with Crippen LogP contribution in [-0.4, -0.2) is 218 Å². The first-order valence-corrected chi connectivity index (χ1v) is 32.1. The van der Waals surface area contributed by atoms with Crippen LogP contribution in [-0.2, 0) is 75.2 Å². The van der Waals surface area contributed by atoms with Crippen molar-refractivity contribution in [2.24, 2.45) is 55.9 Å². The number of hydrogen-bond acceptors (Lipinski definition) is 20. The molecule has 0 radical (unpaired) electrons. The lowest BCUT2D eigenvalue weighted by molar-refractivity contribution is -0.136. The Morgan fingerprint density at radius 3 is 1.34 bits per heavy atom.